The molecule has 0 rings (SSSR count). The summed E-state index contributed by atoms with van der Waals surface area (Å²) in [5.41, 5.74) is 0. The summed E-state index contributed by atoms with van der Waals surface area (Å²) in [6, 6.07) is 0. The topological polar surface area (TPSA) is 0 Å². The van der Waals surface area contributed by atoms with E-state index in [0.717, 1.165) is 0 Å². The molecule has 0 aliphatic carbocycles. The molecule has 0 spiro atoms. The van der Waals surface area contributed by atoms with Crippen LogP contribution < -0.4 is 0 Å². The molecule has 0 aromatic rings. The van der Waals surface area contributed by atoms with Gasteiger partial charge in [0.15, 0.2) is 0 Å². The van der Waals surface area contributed by atoms with E-state index in [-0.39, 0.29) is 0 Å². The fraction of sp³-hybridized carbons (Fsp3) is 1.00. The minimum atomic E-state index is -0.478. The summed E-state index contributed by atoms with van der Waals surface area (Å²) in [5, 5.41) is 0. The van der Waals surface area contributed by atoms with Gasteiger partial charge in [0, 0.05) is 0 Å². The summed E-state index contributed by atoms with van der Waals surface area (Å²) in [5.74, 6) is 0. The van der Waals surface area contributed by atoms with Gasteiger partial charge < -0.3 is 0 Å². The van der Waals surface area contributed by atoms with Crippen LogP contribution in [0.2, 0.25) is 6.85 Å². The van der Waals surface area contributed by atoms with Crippen LogP contribution in [-0.2, 0) is 24.6 Å². The predicted octanol–water partition coefficient (Wildman–Crippen LogP) is 4.29. The average Bonchev–Trinajstić information content (AvgIpc) is 1.87. The quantitative estimate of drug-likeness (QED) is 0.632. The Labute approximate surface area is 84.6 Å². The molecule has 2 unspecified atom stereocenters. The Morgan fingerprint density at radius 3 is 1.55 bits per heavy atom. The summed E-state index contributed by atoms with van der Waals surface area (Å²) in [7, 11) is 0. The Hall–Kier alpha value is 0.935. The standard InChI is InChI=1S/2C5H11.Hg/c2*1-3-5-4-2;/h2*3H,4-5H2,1-2H3;. The van der Waals surface area contributed by atoms with Gasteiger partial charge in [-0.2, -0.15) is 0 Å². The molecule has 0 fully saturated rings. The Morgan fingerprint density at radius 1 is 0.909 bits per heavy atom. The SMILES string of the molecule is CCC[CH](C)[Hg][CH](C)CCC. The first kappa shape index (κ1) is 11.9. The van der Waals surface area contributed by atoms with Crippen molar-refractivity contribution in [3.63, 3.8) is 0 Å². The molecule has 0 aliphatic heterocycles. The van der Waals surface area contributed by atoms with Gasteiger partial charge in [0.2, 0.25) is 0 Å². The second-order valence-corrected chi connectivity index (χ2v) is 16.7. The van der Waals surface area contributed by atoms with Crippen LogP contribution in [0.25, 0.3) is 0 Å². The van der Waals surface area contributed by atoms with Crippen molar-refractivity contribution in [2.24, 2.45) is 0 Å². The van der Waals surface area contributed by atoms with Gasteiger partial charge in [0.05, 0.1) is 0 Å². The van der Waals surface area contributed by atoms with Crippen LogP contribution >= 0.6 is 0 Å². The van der Waals surface area contributed by atoms with E-state index in [1.807, 2.05) is 0 Å². The van der Waals surface area contributed by atoms with E-state index in [1.165, 1.54) is 32.5 Å². The van der Waals surface area contributed by atoms with Crippen LogP contribution in [0.15, 0.2) is 0 Å². The van der Waals surface area contributed by atoms with Gasteiger partial charge in [-0.1, -0.05) is 0 Å². The minimum absolute atomic E-state index is 0.478. The maximum absolute atomic E-state index is 2.48. The van der Waals surface area contributed by atoms with Gasteiger partial charge in [-0.15, -0.1) is 0 Å². The van der Waals surface area contributed by atoms with Gasteiger partial charge in [0.25, 0.3) is 0 Å². The van der Waals surface area contributed by atoms with Gasteiger partial charge in [-0.3, -0.25) is 0 Å². The normalized spacial score (nSPS) is 15.6. The van der Waals surface area contributed by atoms with Gasteiger partial charge in [0.1, 0.15) is 0 Å². The van der Waals surface area contributed by atoms with Crippen molar-refractivity contribution in [1.29, 1.82) is 0 Å². The molecule has 0 saturated carbocycles. The van der Waals surface area contributed by atoms with E-state index in [9.17, 15) is 0 Å². The van der Waals surface area contributed by atoms with Crippen LogP contribution in [0.4, 0.5) is 0 Å². The molecule has 0 bridgehead atoms. The summed E-state index contributed by atoms with van der Waals surface area (Å²) >= 11 is -0.478. The molecule has 11 heavy (non-hydrogen) atoms. The molecule has 0 saturated heterocycles. The summed E-state index contributed by atoms with van der Waals surface area (Å²) < 4.78 is 2.34. The Morgan fingerprint density at radius 2 is 1.27 bits per heavy atom. The summed E-state index contributed by atoms with van der Waals surface area (Å²) in [4.78, 5) is 0. The average molecular weight is 343 g/mol. The summed E-state index contributed by atoms with van der Waals surface area (Å²) in [6.07, 6.45) is 5.82. The van der Waals surface area contributed by atoms with Crippen molar-refractivity contribution >= 4 is 0 Å². The van der Waals surface area contributed by atoms with Gasteiger partial charge in [-0.25, -0.2) is 0 Å². The van der Waals surface area contributed by atoms with Gasteiger partial charge in [-0.05, 0) is 0 Å². The van der Waals surface area contributed by atoms with Crippen LogP contribution in [-0.4, -0.2) is 0 Å². The molecule has 0 heterocycles. The zero-order chi connectivity index (χ0) is 8.69. The third-order valence-electron chi connectivity index (χ3n) is 2.37. The van der Waals surface area contributed by atoms with E-state index in [0.29, 0.717) is 0 Å². The third-order valence-corrected chi connectivity index (χ3v) is 11.8. The van der Waals surface area contributed by atoms with Crippen LogP contribution in [0.1, 0.15) is 53.4 Å². The van der Waals surface area contributed by atoms with Crippen molar-refractivity contribution in [3.05, 3.63) is 0 Å². The molecule has 2 atom stereocenters. The second-order valence-electron chi connectivity index (χ2n) is 4.02. The van der Waals surface area contributed by atoms with E-state index >= 15 is 0 Å². The first-order valence-corrected chi connectivity index (χ1v) is 11.6. The zero-order valence-electron chi connectivity index (χ0n) is 8.69. The van der Waals surface area contributed by atoms with Crippen LogP contribution in [0.3, 0.4) is 0 Å². The number of hydrogen-bond donors (Lipinski definition) is 0. The third kappa shape index (κ3) is 7.30. The van der Waals surface area contributed by atoms with Crippen molar-refractivity contribution in [2.75, 3.05) is 0 Å². The number of rotatable bonds is 6. The molecule has 64 valence electrons. The molecular formula is C10H22Hg. The van der Waals surface area contributed by atoms with Crippen molar-refractivity contribution in [2.45, 2.75) is 60.2 Å². The fourth-order valence-corrected chi connectivity index (χ4v) is 12.3. The Bertz CT molecular complexity index is 70.9. The fourth-order valence-electron chi connectivity index (χ4n) is 1.91. The molecule has 1 heteroatoms. The molecule has 0 N–H and O–H groups in total. The van der Waals surface area contributed by atoms with Crippen molar-refractivity contribution < 1.29 is 24.6 Å². The first-order chi connectivity index (χ1) is 5.20. The Kier molecular flexibility index (Phi) is 8.22. The Balaban J connectivity index is 3.32. The van der Waals surface area contributed by atoms with Crippen molar-refractivity contribution in [1.82, 2.24) is 0 Å². The van der Waals surface area contributed by atoms with Crippen LogP contribution in [0, 0.1) is 0 Å². The molecule has 0 aromatic heterocycles. The monoisotopic (exact) mass is 344 g/mol. The maximum atomic E-state index is 2.48. The molecular weight excluding hydrogens is 321 g/mol. The zero-order valence-corrected chi connectivity index (χ0v) is 14.2. The number of hydrogen-bond acceptors (Lipinski definition) is 0. The molecule has 0 nitrogen and oxygen atoms in total. The molecule has 0 aromatic carbocycles. The first-order valence-electron chi connectivity index (χ1n) is 5.20. The van der Waals surface area contributed by atoms with E-state index in [4.69, 9.17) is 0 Å². The molecule has 0 amide bonds. The second kappa shape index (κ2) is 7.58. The van der Waals surface area contributed by atoms with E-state index < -0.39 is 24.6 Å². The van der Waals surface area contributed by atoms with E-state index in [2.05, 4.69) is 27.7 Å². The molecule has 0 aliphatic rings. The van der Waals surface area contributed by atoms with Gasteiger partial charge >= 0.3 is 84.8 Å². The van der Waals surface area contributed by atoms with Crippen LogP contribution in [0.5, 0.6) is 0 Å². The summed E-state index contributed by atoms with van der Waals surface area (Å²) in [6.45, 7) is 9.60. The van der Waals surface area contributed by atoms with E-state index in [1.54, 1.807) is 0 Å². The van der Waals surface area contributed by atoms with Crippen molar-refractivity contribution in [3.8, 4) is 0 Å². The molecule has 0 radical (unpaired) electrons. The predicted molar refractivity (Wildman–Crippen MR) is 48.7 cm³/mol.